The second kappa shape index (κ2) is 5.89. The van der Waals surface area contributed by atoms with Crippen molar-refractivity contribution in [2.45, 2.75) is 32.9 Å². The van der Waals surface area contributed by atoms with Crippen LogP contribution < -0.4 is 4.74 Å². The van der Waals surface area contributed by atoms with Gasteiger partial charge in [0, 0.05) is 14.1 Å². The third-order valence-electron chi connectivity index (χ3n) is 3.26. The molecule has 0 aliphatic heterocycles. The summed E-state index contributed by atoms with van der Waals surface area (Å²) in [6, 6.07) is 5.38. The number of hydrogen-bond acceptors (Lipinski definition) is 3. The fourth-order valence-corrected chi connectivity index (χ4v) is 2.70. The summed E-state index contributed by atoms with van der Waals surface area (Å²) >= 11 is 5.39. The minimum absolute atomic E-state index is 0.00202. The Kier molecular flexibility index (Phi) is 4.37. The van der Waals surface area contributed by atoms with Gasteiger partial charge in [0.25, 0.3) is 0 Å². The molecule has 5 nitrogen and oxygen atoms in total. The van der Waals surface area contributed by atoms with Crippen LogP contribution >= 0.6 is 12.2 Å². The van der Waals surface area contributed by atoms with Gasteiger partial charge < -0.3 is 19.2 Å². The zero-order valence-corrected chi connectivity index (χ0v) is 13.8. The molecule has 0 saturated carbocycles. The van der Waals surface area contributed by atoms with Crippen LogP contribution in [0.4, 0.5) is 0 Å². The van der Waals surface area contributed by atoms with E-state index in [9.17, 15) is 4.79 Å². The first-order valence-electron chi connectivity index (χ1n) is 6.94. The van der Waals surface area contributed by atoms with Crippen molar-refractivity contribution in [1.82, 2.24) is 14.5 Å². The van der Waals surface area contributed by atoms with Crippen molar-refractivity contribution < 1.29 is 9.53 Å². The number of nitrogens with one attached hydrogen (secondary N) is 1. The SMILES string of the molecule is CC(C)Oc1cccc2c1[nH]c(=S)n2C(C)C(=O)N(C)C. The first kappa shape index (κ1) is 15.6. The molecule has 0 fully saturated rings. The van der Waals surface area contributed by atoms with E-state index < -0.39 is 0 Å². The van der Waals surface area contributed by atoms with Crippen molar-refractivity contribution in [2.75, 3.05) is 14.1 Å². The van der Waals surface area contributed by atoms with Crippen molar-refractivity contribution in [3.63, 3.8) is 0 Å². The van der Waals surface area contributed by atoms with Crippen molar-refractivity contribution in [3.05, 3.63) is 23.0 Å². The number of aromatic nitrogens is 2. The average Bonchev–Trinajstić information content (AvgIpc) is 2.73. The van der Waals surface area contributed by atoms with E-state index in [0.29, 0.717) is 4.77 Å². The van der Waals surface area contributed by atoms with Crippen LogP contribution in [-0.4, -0.2) is 40.6 Å². The quantitative estimate of drug-likeness (QED) is 0.883. The number of imidazole rings is 1. The van der Waals surface area contributed by atoms with E-state index in [4.69, 9.17) is 17.0 Å². The summed E-state index contributed by atoms with van der Waals surface area (Å²) in [4.78, 5) is 16.9. The minimum Gasteiger partial charge on any atom is -0.489 e. The molecule has 1 unspecified atom stereocenters. The van der Waals surface area contributed by atoms with Gasteiger partial charge in [0.1, 0.15) is 17.3 Å². The molecule has 2 aromatic rings. The lowest BCUT2D eigenvalue weighted by Crippen LogP contribution is -2.29. The van der Waals surface area contributed by atoms with Gasteiger partial charge >= 0.3 is 0 Å². The van der Waals surface area contributed by atoms with Crippen LogP contribution in [0.3, 0.4) is 0 Å². The zero-order chi connectivity index (χ0) is 15.7. The summed E-state index contributed by atoms with van der Waals surface area (Å²) in [5.74, 6) is 0.749. The van der Waals surface area contributed by atoms with Crippen LogP contribution in [0.1, 0.15) is 26.8 Å². The summed E-state index contributed by atoms with van der Waals surface area (Å²) < 4.78 is 8.15. The molecular formula is C15H21N3O2S. The van der Waals surface area contributed by atoms with Crippen molar-refractivity contribution in [2.24, 2.45) is 0 Å². The molecule has 114 valence electrons. The number of H-pyrrole nitrogens is 1. The molecular weight excluding hydrogens is 286 g/mol. The summed E-state index contributed by atoms with van der Waals surface area (Å²) in [5.41, 5.74) is 1.70. The van der Waals surface area contributed by atoms with Gasteiger partial charge in [0.05, 0.1) is 11.6 Å². The van der Waals surface area contributed by atoms with Crippen LogP contribution in [0.2, 0.25) is 0 Å². The summed E-state index contributed by atoms with van der Waals surface area (Å²) in [5, 5.41) is 0. The summed E-state index contributed by atoms with van der Waals surface area (Å²) in [7, 11) is 3.48. The third kappa shape index (κ3) is 2.95. The Labute approximate surface area is 129 Å². The highest BCUT2D eigenvalue weighted by atomic mass is 32.1. The molecule has 21 heavy (non-hydrogen) atoms. The number of fused-ring (bicyclic) bond motifs is 1. The van der Waals surface area contributed by atoms with E-state index >= 15 is 0 Å². The molecule has 0 aliphatic carbocycles. The number of likely N-dealkylation sites (N-methyl/N-ethyl adjacent to an activating group) is 1. The number of ether oxygens (including phenoxy) is 1. The first-order chi connectivity index (χ1) is 9.82. The average molecular weight is 307 g/mol. The number of hydrogen-bond donors (Lipinski definition) is 1. The Morgan fingerprint density at radius 2 is 2.00 bits per heavy atom. The van der Waals surface area contributed by atoms with Gasteiger partial charge in [-0.15, -0.1) is 0 Å². The number of nitrogens with zero attached hydrogens (tertiary/aromatic N) is 2. The first-order valence-corrected chi connectivity index (χ1v) is 7.34. The second-order valence-electron chi connectivity index (χ2n) is 5.53. The maximum absolute atomic E-state index is 12.2. The standard InChI is InChI=1S/C15H21N3O2S/c1-9(2)20-12-8-6-7-11-13(12)16-15(21)18(11)10(3)14(19)17(4)5/h6-10H,1-5H3,(H,16,21). The highest BCUT2D eigenvalue weighted by Crippen LogP contribution is 2.28. The van der Waals surface area contributed by atoms with E-state index in [1.165, 1.54) is 0 Å². The summed E-state index contributed by atoms with van der Waals surface area (Å²) in [6.45, 7) is 5.80. The van der Waals surface area contributed by atoms with Crippen LogP contribution in [0.25, 0.3) is 11.0 Å². The monoisotopic (exact) mass is 307 g/mol. The van der Waals surface area contributed by atoms with Gasteiger partial charge in [-0.25, -0.2) is 0 Å². The van der Waals surface area contributed by atoms with Gasteiger partial charge in [0.15, 0.2) is 4.77 Å². The van der Waals surface area contributed by atoms with Crippen LogP contribution in [-0.2, 0) is 4.79 Å². The van der Waals surface area contributed by atoms with Crippen molar-refractivity contribution in [1.29, 1.82) is 0 Å². The van der Waals surface area contributed by atoms with Gasteiger partial charge in [-0.2, -0.15) is 0 Å². The second-order valence-corrected chi connectivity index (χ2v) is 5.91. The molecule has 1 atom stereocenters. The van der Waals surface area contributed by atoms with Gasteiger partial charge in [-0.3, -0.25) is 4.79 Å². The molecule has 2 rings (SSSR count). The molecule has 1 aromatic carbocycles. The maximum atomic E-state index is 12.2. The van der Waals surface area contributed by atoms with E-state index in [1.54, 1.807) is 19.0 Å². The van der Waals surface area contributed by atoms with E-state index in [0.717, 1.165) is 16.8 Å². The number of amides is 1. The molecule has 6 heteroatoms. The van der Waals surface area contributed by atoms with Crippen LogP contribution in [0.15, 0.2) is 18.2 Å². The highest BCUT2D eigenvalue weighted by Gasteiger charge is 2.21. The fraction of sp³-hybridized carbons (Fsp3) is 0.467. The largest absolute Gasteiger partial charge is 0.489 e. The molecule has 0 spiro atoms. The predicted octanol–water partition coefficient (Wildman–Crippen LogP) is 3.14. The topological polar surface area (TPSA) is 50.3 Å². The number of aromatic amines is 1. The number of para-hydroxylation sites is 1. The van der Waals surface area contributed by atoms with Crippen molar-refractivity contribution in [3.8, 4) is 5.75 Å². The Bertz CT molecular complexity index is 715. The van der Waals surface area contributed by atoms with E-state index in [2.05, 4.69) is 4.98 Å². The van der Waals surface area contributed by atoms with Crippen LogP contribution in [0, 0.1) is 4.77 Å². The Balaban J connectivity index is 2.59. The minimum atomic E-state index is -0.365. The summed E-state index contributed by atoms with van der Waals surface area (Å²) in [6.07, 6.45) is 0.0711. The molecule has 0 saturated heterocycles. The van der Waals surface area contributed by atoms with Gasteiger partial charge in [-0.1, -0.05) is 6.07 Å². The molecule has 1 heterocycles. The van der Waals surface area contributed by atoms with E-state index in [1.807, 2.05) is 43.5 Å². The zero-order valence-electron chi connectivity index (χ0n) is 13.0. The highest BCUT2D eigenvalue weighted by molar-refractivity contribution is 7.71. The van der Waals surface area contributed by atoms with Gasteiger partial charge in [-0.05, 0) is 45.1 Å². The molecule has 1 amide bonds. The number of rotatable bonds is 4. The fourth-order valence-electron chi connectivity index (χ4n) is 2.34. The lowest BCUT2D eigenvalue weighted by Gasteiger charge is -2.19. The molecule has 1 N–H and O–H groups in total. The number of benzene rings is 1. The third-order valence-corrected chi connectivity index (χ3v) is 3.56. The maximum Gasteiger partial charge on any atom is 0.244 e. The molecule has 1 aromatic heterocycles. The van der Waals surface area contributed by atoms with Crippen LogP contribution in [0.5, 0.6) is 5.75 Å². The molecule has 0 aliphatic rings. The van der Waals surface area contributed by atoms with E-state index in [-0.39, 0.29) is 18.1 Å². The molecule has 0 radical (unpaired) electrons. The molecule has 0 bridgehead atoms. The smallest absolute Gasteiger partial charge is 0.244 e. The lowest BCUT2D eigenvalue weighted by molar-refractivity contribution is -0.131. The Hall–Kier alpha value is -1.82. The normalized spacial score (nSPS) is 12.7. The number of carbonyl (C=O) groups excluding carboxylic acids is 1. The Morgan fingerprint density at radius 3 is 2.57 bits per heavy atom. The lowest BCUT2D eigenvalue weighted by atomic mass is 10.2. The number of carbonyl (C=O) groups is 1. The Morgan fingerprint density at radius 1 is 1.33 bits per heavy atom. The predicted molar refractivity (Wildman–Crippen MR) is 86.3 cm³/mol. The van der Waals surface area contributed by atoms with Gasteiger partial charge in [0.2, 0.25) is 5.91 Å². The van der Waals surface area contributed by atoms with Crippen molar-refractivity contribution >= 4 is 29.2 Å².